The molecule has 2 fully saturated rings. The Kier molecular flexibility index (Phi) is 3.75. The van der Waals surface area contributed by atoms with Gasteiger partial charge in [0.2, 0.25) is 5.89 Å². The molecule has 1 N–H and O–H groups in total. The predicted octanol–water partition coefficient (Wildman–Crippen LogP) is 0.448. The second-order valence-corrected chi connectivity index (χ2v) is 4.99. The predicted molar refractivity (Wildman–Crippen MR) is 66.6 cm³/mol. The average Bonchev–Trinajstić information content (AvgIpc) is 2.89. The number of anilines is 1. The van der Waals surface area contributed by atoms with Crippen LogP contribution in [0.25, 0.3) is 0 Å². The summed E-state index contributed by atoms with van der Waals surface area (Å²) in [5.41, 5.74) is 0. The number of rotatable bonds is 3. The number of hydrogen-bond acceptors (Lipinski definition) is 6. The largest absolute Gasteiger partial charge is 0.378 e. The van der Waals surface area contributed by atoms with Crippen LogP contribution in [0.5, 0.6) is 0 Å². The molecule has 0 saturated carbocycles. The van der Waals surface area contributed by atoms with Crippen LogP contribution < -0.4 is 10.2 Å². The summed E-state index contributed by atoms with van der Waals surface area (Å²) < 4.78 is 10.7. The van der Waals surface area contributed by atoms with Gasteiger partial charge in [0.25, 0.3) is 5.95 Å². The molecule has 2 aliphatic rings. The zero-order valence-electron chi connectivity index (χ0n) is 10.6. The van der Waals surface area contributed by atoms with Crippen LogP contribution >= 0.6 is 0 Å². The van der Waals surface area contributed by atoms with Gasteiger partial charge in [0, 0.05) is 19.5 Å². The van der Waals surface area contributed by atoms with Crippen molar-refractivity contribution in [3.8, 4) is 0 Å². The molecule has 0 bridgehead atoms. The van der Waals surface area contributed by atoms with E-state index in [9.17, 15) is 0 Å². The number of hydrogen-bond donors (Lipinski definition) is 1. The van der Waals surface area contributed by atoms with Crippen LogP contribution in [0.15, 0.2) is 4.52 Å². The van der Waals surface area contributed by atoms with Crippen LogP contribution in [-0.2, 0) is 11.2 Å². The van der Waals surface area contributed by atoms with Gasteiger partial charge in [-0.05, 0) is 37.0 Å². The minimum absolute atomic E-state index is 0.684. The fourth-order valence-corrected chi connectivity index (χ4v) is 2.55. The van der Waals surface area contributed by atoms with E-state index in [1.165, 1.54) is 12.8 Å². The number of ether oxygens (including phenoxy) is 1. The summed E-state index contributed by atoms with van der Waals surface area (Å²) in [5.74, 6) is 2.19. The standard InChI is InChI=1S/C12H20N4O2/c1-3-13-4-2-10(1)9-11-14-12(15-18-11)16-5-7-17-8-6-16/h10,13H,1-9H2. The third-order valence-corrected chi connectivity index (χ3v) is 3.67. The molecule has 0 spiro atoms. The third-order valence-electron chi connectivity index (χ3n) is 3.67. The fraction of sp³-hybridized carbons (Fsp3) is 0.833. The van der Waals surface area contributed by atoms with Crippen molar-refractivity contribution >= 4 is 5.95 Å². The van der Waals surface area contributed by atoms with Crippen LogP contribution in [0.1, 0.15) is 18.7 Å². The lowest BCUT2D eigenvalue weighted by Gasteiger charge is -2.24. The van der Waals surface area contributed by atoms with Crippen molar-refractivity contribution in [3.63, 3.8) is 0 Å². The number of morpholine rings is 1. The molecule has 100 valence electrons. The van der Waals surface area contributed by atoms with Crippen molar-refractivity contribution in [3.05, 3.63) is 5.89 Å². The van der Waals surface area contributed by atoms with Gasteiger partial charge in [-0.25, -0.2) is 0 Å². The molecule has 3 rings (SSSR count). The van der Waals surface area contributed by atoms with Crippen molar-refractivity contribution in [2.24, 2.45) is 5.92 Å². The van der Waals surface area contributed by atoms with Crippen molar-refractivity contribution < 1.29 is 9.26 Å². The first-order valence-corrected chi connectivity index (χ1v) is 6.78. The Hall–Kier alpha value is -1.14. The summed E-state index contributed by atoms with van der Waals surface area (Å²) >= 11 is 0. The third kappa shape index (κ3) is 2.81. The second-order valence-electron chi connectivity index (χ2n) is 4.99. The van der Waals surface area contributed by atoms with Gasteiger partial charge in [0.15, 0.2) is 0 Å². The molecule has 6 nitrogen and oxygen atoms in total. The van der Waals surface area contributed by atoms with Crippen LogP contribution in [0.3, 0.4) is 0 Å². The van der Waals surface area contributed by atoms with Crippen LogP contribution in [-0.4, -0.2) is 49.5 Å². The molecule has 2 aliphatic heterocycles. The molecule has 0 radical (unpaired) electrons. The minimum atomic E-state index is 0.684. The van der Waals surface area contributed by atoms with Crippen LogP contribution in [0.4, 0.5) is 5.95 Å². The first-order valence-electron chi connectivity index (χ1n) is 6.78. The Morgan fingerprint density at radius 3 is 2.78 bits per heavy atom. The fourth-order valence-electron chi connectivity index (χ4n) is 2.55. The van der Waals surface area contributed by atoms with E-state index in [0.717, 1.165) is 57.7 Å². The van der Waals surface area contributed by atoms with Crippen molar-refractivity contribution in [2.75, 3.05) is 44.3 Å². The minimum Gasteiger partial charge on any atom is -0.378 e. The highest BCUT2D eigenvalue weighted by molar-refractivity contribution is 5.28. The lowest BCUT2D eigenvalue weighted by Crippen LogP contribution is -2.36. The highest BCUT2D eigenvalue weighted by Crippen LogP contribution is 2.19. The Balaban J connectivity index is 1.58. The molecule has 1 aromatic rings. The Morgan fingerprint density at radius 1 is 1.22 bits per heavy atom. The van der Waals surface area contributed by atoms with Gasteiger partial charge in [-0.2, -0.15) is 4.98 Å². The van der Waals surface area contributed by atoms with Gasteiger partial charge >= 0.3 is 0 Å². The Bertz CT molecular complexity index is 370. The molecule has 1 aromatic heterocycles. The monoisotopic (exact) mass is 252 g/mol. The molecule has 18 heavy (non-hydrogen) atoms. The van der Waals surface area contributed by atoms with E-state index in [1.807, 2.05) is 0 Å². The Labute approximate surface area is 107 Å². The number of nitrogens with one attached hydrogen (secondary N) is 1. The lowest BCUT2D eigenvalue weighted by atomic mass is 9.95. The van der Waals surface area contributed by atoms with Gasteiger partial charge in [-0.1, -0.05) is 0 Å². The molecule has 0 unspecified atom stereocenters. The smallest absolute Gasteiger partial charge is 0.266 e. The molecular formula is C12H20N4O2. The first-order chi connectivity index (χ1) is 8.92. The Morgan fingerprint density at radius 2 is 2.00 bits per heavy atom. The zero-order valence-corrected chi connectivity index (χ0v) is 10.6. The molecule has 3 heterocycles. The SMILES string of the molecule is C1CC(Cc2nc(N3CCOCC3)no2)CCN1. The van der Waals surface area contributed by atoms with E-state index < -0.39 is 0 Å². The average molecular weight is 252 g/mol. The maximum Gasteiger partial charge on any atom is 0.266 e. The van der Waals surface area contributed by atoms with Crippen molar-refractivity contribution in [1.29, 1.82) is 0 Å². The van der Waals surface area contributed by atoms with Gasteiger partial charge in [-0.3, -0.25) is 0 Å². The highest BCUT2D eigenvalue weighted by atomic mass is 16.5. The summed E-state index contributed by atoms with van der Waals surface area (Å²) in [5, 5.41) is 7.44. The van der Waals surface area contributed by atoms with E-state index in [4.69, 9.17) is 9.26 Å². The molecular weight excluding hydrogens is 232 g/mol. The maximum atomic E-state index is 5.36. The summed E-state index contributed by atoms with van der Waals surface area (Å²) in [6.45, 7) is 5.42. The molecule has 0 aromatic carbocycles. The van der Waals surface area contributed by atoms with Crippen LogP contribution in [0, 0.1) is 5.92 Å². The number of nitrogens with zero attached hydrogens (tertiary/aromatic N) is 3. The van der Waals surface area contributed by atoms with Gasteiger partial charge in [0.1, 0.15) is 0 Å². The van der Waals surface area contributed by atoms with E-state index in [-0.39, 0.29) is 0 Å². The van der Waals surface area contributed by atoms with Gasteiger partial charge in [-0.15, -0.1) is 0 Å². The summed E-state index contributed by atoms with van der Waals surface area (Å²) in [6, 6.07) is 0. The van der Waals surface area contributed by atoms with Gasteiger partial charge < -0.3 is 19.5 Å². The second kappa shape index (κ2) is 5.67. The molecule has 0 amide bonds. The van der Waals surface area contributed by atoms with Crippen LogP contribution in [0.2, 0.25) is 0 Å². The van der Waals surface area contributed by atoms with E-state index in [1.54, 1.807) is 0 Å². The van der Waals surface area contributed by atoms with Crippen molar-refractivity contribution in [1.82, 2.24) is 15.5 Å². The normalized spacial score (nSPS) is 22.3. The zero-order chi connectivity index (χ0) is 12.2. The first kappa shape index (κ1) is 11.9. The van der Waals surface area contributed by atoms with Gasteiger partial charge in [0.05, 0.1) is 13.2 Å². The van der Waals surface area contributed by atoms with E-state index >= 15 is 0 Å². The molecule has 0 aliphatic carbocycles. The quantitative estimate of drug-likeness (QED) is 0.842. The number of aromatic nitrogens is 2. The van der Waals surface area contributed by atoms with Crippen molar-refractivity contribution in [2.45, 2.75) is 19.3 Å². The molecule has 6 heteroatoms. The molecule has 0 atom stereocenters. The molecule has 2 saturated heterocycles. The summed E-state index contributed by atoms with van der Waals surface area (Å²) in [6.07, 6.45) is 3.32. The lowest BCUT2D eigenvalue weighted by molar-refractivity contribution is 0.121. The highest BCUT2D eigenvalue weighted by Gasteiger charge is 2.20. The van der Waals surface area contributed by atoms with E-state index in [2.05, 4.69) is 20.4 Å². The summed E-state index contributed by atoms with van der Waals surface area (Å²) in [7, 11) is 0. The summed E-state index contributed by atoms with van der Waals surface area (Å²) in [4.78, 5) is 6.62. The maximum absolute atomic E-state index is 5.36. The number of piperidine rings is 1. The van der Waals surface area contributed by atoms with E-state index in [0.29, 0.717) is 5.92 Å². The topological polar surface area (TPSA) is 63.4 Å².